The number of thioether (sulfide) groups is 1. The van der Waals surface area contributed by atoms with Gasteiger partial charge in [0.05, 0.1) is 16.3 Å². The van der Waals surface area contributed by atoms with Crippen LogP contribution in [0.1, 0.15) is 13.3 Å². The summed E-state index contributed by atoms with van der Waals surface area (Å²) in [5.74, 6) is 0.0831. The van der Waals surface area contributed by atoms with E-state index in [0.717, 1.165) is 0 Å². The van der Waals surface area contributed by atoms with Crippen molar-refractivity contribution in [3.05, 3.63) is 24.3 Å². The van der Waals surface area contributed by atoms with Gasteiger partial charge in [-0.25, -0.2) is 13.4 Å². The van der Waals surface area contributed by atoms with Crippen LogP contribution in [0.2, 0.25) is 0 Å². The summed E-state index contributed by atoms with van der Waals surface area (Å²) in [5.41, 5.74) is 0.350. The average molecular weight is 297 g/mol. The highest BCUT2D eigenvalue weighted by atomic mass is 32.2. The van der Waals surface area contributed by atoms with Gasteiger partial charge in [-0.1, -0.05) is 30.8 Å². The van der Waals surface area contributed by atoms with Crippen LogP contribution in [-0.4, -0.2) is 25.6 Å². The summed E-state index contributed by atoms with van der Waals surface area (Å²) in [4.78, 5) is 4.38. The number of aliphatic imine (C=N–C) groups is 1. The highest BCUT2D eigenvalue weighted by Gasteiger charge is 2.17. The van der Waals surface area contributed by atoms with Gasteiger partial charge in [0.15, 0.2) is 21.2 Å². The van der Waals surface area contributed by atoms with Gasteiger partial charge in [-0.2, -0.15) is 5.26 Å². The number of hydrogen-bond acceptors (Lipinski definition) is 5. The Labute approximate surface area is 117 Å². The molecule has 1 N–H and O–H groups in total. The van der Waals surface area contributed by atoms with Crippen LogP contribution < -0.4 is 5.32 Å². The van der Waals surface area contributed by atoms with E-state index in [1.807, 2.05) is 6.92 Å². The zero-order chi connectivity index (χ0) is 14.3. The smallest absolute Gasteiger partial charge is 0.183 e. The van der Waals surface area contributed by atoms with Gasteiger partial charge < -0.3 is 0 Å². The van der Waals surface area contributed by atoms with Crippen molar-refractivity contribution >= 4 is 32.5 Å². The number of amidine groups is 1. The minimum absolute atomic E-state index is 0.0831. The zero-order valence-electron chi connectivity index (χ0n) is 10.8. The first kappa shape index (κ1) is 15.5. The monoisotopic (exact) mass is 297 g/mol. The molecule has 102 valence electrons. The number of nitrogens with one attached hydrogen (secondary N) is 1. The van der Waals surface area contributed by atoms with Crippen molar-refractivity contribution in [3.63, 3.8) is 0 Å². The van der Waals surface area contributed by atoms with Crippen LogP contribution in [0.15, 0.2) is 34.2 Å². The molecule has 0 spiro atoms. The Morgan fingerprint density at radius 2 is 2.16 bits per heavy atom. The maximum atomic E-state index is 12.1. The number of benzene rings is 1. The minimum Gasteiger partial charge on any atom is -0.271 e. The van der Waals surface area contributed by atoms with Gasteiger partial charge >= 0.3 is 0 Å². The lowest BCUT2D eigenvalue weighted by atomic mass is 10.3. The lowest BCUT2D eigenvalue weighted by molar-refractivity contribution is 0.595. The largest absolute Gasteiger partial charge is 0.271 e. The number of nitrogens with zero attached hydrogens (tertiary/aromatic N) is 2. The van der Waals surface area contributed by atoms with Gasteiger partial charge in [0.2, 0.25) is 0 Å². The molecule has 0 aliphatic carbocycles. The molecule has 0 aromatic heterocycles. The second-order valence-corrected chi connectivity index (χ2v) is 6.52. The number of para-hydroxylation sites is 1. The molecule has 0 saturated carbocycles. The summed E-state index contributed by atoms with van der Waals surface area (Å²) < 4.78 is 24.2. The van der Waals surface area contributed by atoms with Crippen LogP contribution in [0.25, 0.3) is 0 Å². The van der Waals surface area contributed by atoms with E-state index in [4.69, 9.17) is 5.26 Å². The van der Waals surface area contributed by atoms with Crippen molar-refractivity contribution in [1.29, 1.82) is 5.26 Å². The molecule has 0 aliphatic rings. The highest BCUT2D eigenvalue weighted by Crippen LogP contribution is 2.26. The molecule has 0 unspecified atom stereocenters. The molecule has 0 heterocycles. The molecule has 0 fully saturated rings. The van der Waals surface area contributed by atoms with E-state index in [2.05, 4.69) is 10.3 Å². The predicted octanol–water partition coefficient (Wildman–Crippen LogP) is 2.29. The Kier molecular flexibility index (Phi) is 5.86. The molecule has 7 heteroatoms. The van der Waals surface area contributed by atoms with Gasteiger partial charge in [-0.3, -0.25) is 5.32 Å². The summed E-state index contributed by atoms with van der Waals surface area (Å²) >= 11 is 1.24. The molecule has 5 nitrogen and oxygen atoms in total. The first-order valence-electron chi connectivity index (χ1n) is 5.64. The topological polar surface area (TPSA) is 82.3 Å². The standard InChI is InChI=1S/C12H15N3O2S2/c1-3-8-19(16,17)11-7-5-4-6-10(11)15-12(18-2)14-9-13/h4-7H,3,8H2,1-2H3,(H,14,15). The maximum absolute atomic E-state index is 12.1. The average Bonchev–Trinajstić information content (AvgIpc) is 2.38. The van der Waals surface area contributed by atoms with Crippen LogP contribution in [0.3, 0.4) is 0 Å². The summed E-state index contributed by atoms with van der Waals surface area (Å²) in [6.07, 6.45) is 4.08. The molecule has 1 aromatic carbocycles. The Morgan fingerprint density at radius 3 is 2.74 bits per heavy atom. The number of rotatable bonds is 4. The van der Waals surface area contributed by atoms with E-state index >= 15 is 0 Å². The summed E-state index contributed by atoms with van der Waals surface area (Å²) in [6, 6.07) is 6.54. The third-order valence-corrected chi connectivity index (χ3v) is 4.79. The van der Waals surface area contributed by atoms with Crippen molar-refractivity contribution in [3.8, 4) is 6.19 Å². The Bertz CT molecular complexity index is 604. The van der Waals surface area contributed by atoms with E-state index < -0.39 is 9.84 Å². The van der Waals surface area contributed by atoms with Gasteiger partial charge in [0.1, 0.15) is 0 Å². The number of nitriles is 1. The molecule has 0 saturated heterocycles. The molecule has 1 aromatic rings. The van der Waals surface area contributed by atoms with Crippen molar-refractivity contribution in [2.75, 3.05) is 12.0 Å². The van der Waals surface area contributed by atoms with Gasteiger partial charge in [0, 0.05) is 0 Å². The van der Waals surface area contributed by atoms with Crippen molar-refractivity contribution in [2.24, 2.45) is 4.99 Å². The van der Waals surface area contributed by atoms with Gasteiger partial charge in [-0.15, -0.1) is 0 Å². The maximum Gasteiger partial charge on any atom is 0.183 e. The van der Waals surface area contributed by atoms with E-state index in [-0.39, 0.29) is 10.6 Å². The summed E-state index contributed by atoms with van der Waals surface area (Å²) in [6.45, 7) is 1.81. The van der Waals surface area contributed by atoms with E-state index in [9.17, 15) is 8.42 Å². The second-order valence-electron chi connectivity index (χ2n) is 3.64. The Balaban J connectivity index is 3.28. The fraction of sp³-hybridized carbons (Fsp3) is 0.333. The summed E-state index contributed by atoms with van der Waals surface area (Å²) in [5, 5.41) is 11.4. The number of hydrogen-bond donors (Lipinski definition) is 1. The SMILES string of the molecule is CCCS(=O)(=O)c1ccccc1N=C(NC#N)SC. The normalized spacial score (nSPS) is 11.9. The molecule has 0 atom stereocenters. The van der Waals surface area contributed by atoms with Gasteiger partial charge in [-0.05, 0) is 24.8 Å². The molecule has 1 rings (SSSR count). The van der Waals surface area contributed by atoms with Crippen LogP contribution in [0.4, 0.5) is 5.69 Å². The first-order valence-corrected chi connectivity index (χ1v) is 8.52. The third kappa shape index (κ3) is 4.26. The molecule has 0 bridgehead atoms. The Morgan fingerprint density at radius 1 is 1.47 bits per heavy atom. The van der Waals surface area contributed by atoms with Crippen molar-refractivity contribution in [1.82, 2.24) is 5.32 Å². The lowest BCUT2D eigenvalue weighted by Crippen LogP contribution is -2.13. The summed E-state index contributed by atoms with van der Waals surface area (Å²) in [7, 11) is -3.34. The van der Waals surface area contributed by atoms with Crippen LogP contribution in [-0.2, 0) is 9.84 Å². The molecule has 0 radical (unpaired) electrons. The fourth-order valence-corrected chi connectivity index (χ4v) is 3.29. The van der Waals surface area contributed by atoms with Gasteiger partial charge in [0.25, 0.3) is 0 Å². The predicted molar refractivity (Wildman–Crippen MR) is 78.1 cm³/mol. The van der Waals surface area contributed by atoms with Crippen LogP contribution >= 0.6 is 11.8 Å². The van der Waals surface area contributed by atoms with Crippen molar-refractivity contribution < 1.29 is 8.42 Å². The zero-order valence-corrected chi connectivity index (χ0v) is 12.4. The second kappa shape index (κ2) is 7.16. The number of sulfone groups is 1. The molecule has 0 amide bonds. The quantitative estimate of drug-likeness (QED) is 0.399. The third-order valence-electron chi connectivity index (χ3n) is 2.25. The van der Waals surface area contributed by atoms with Crippen molar-refractivity contribution in [2.45, 2.75) is 18.2 Å². The molecule has 19 heavy (non-hydrogen) atoms. The molecular weight excluding hydrogens is 282 g/mol. The fourth-order valence-electron chi connectivity index (χ4n) is 1.47. The minimum atomic E-state index is -3.34. The molecule has 0 aliphatic heterocycles. The van der Waals surface area contributed by atoms with E-state index in [0.29, 0.717) is 17.3 Å². The van der Waals surface area contributed by atoms with Crippen LogP contribution in [0, 0.1) is 11.5 Å². The molecular formula is C12H15N3O2S2. The highest BCUT2D eigenvalue weighted by molar-refractivity contribution is 8.13. The van der Waals surface area contributed by atoms with E-state index in [1.54, 1.807) is 30.6 Å². The first-order chi connectivity index (χ1) is 9.05. The van der Waals surface area contributed by atoms with E-state index in [1.165, 1.54) is 17.8 Å². The lowest BCUT2D eigenvalue weighted by Gasteiger charge is -2.07. The Hall–Kier alpha value is -1.52. The van der Waals surface area contributed by atoms with Crippen LogP contribution in [0.5, 0.6) is 0 Å².